The molecule has 2 aromatic heterocycles. The second-order valence-corrected chi connectivity index (χ2v) is 13.8. The average molecular weight is 657 g/mol. The van der Waals surface area contributed by atoms with Gasteiger partial charge in [0.05, 0.1) is 25.6 Å². The van der Waals surface area contributed by atoms with E-state index in [4.69, 9.17) is 25.2 Å². The number of pyridine rings is 1. The molecule has 4 N–H and O–H groups in total. The zero-order valence-corrected chi connectivity index (χ0v) is 27.1. The van der Waals surface area contributed by atoms with Crippen LogP contribution >= 0.6 is 11.3 Å². The van der Waals surface area contributed by atoms with Gasteiger partial charge < -0.3 is 25.2 Å². The molecule has 1 saturated heterocycles. The molecule has 2 aliphatic heterocycles. The van der Waals surface area contributed by atoms with Crippen molar-refractivity contribution in [2.45, 2.75) is 76.5 Å². The van der Waals surface area contributed by atoms with Crippen molar-refractivity contribution >= 4 is 29.2 Å². The fourth-order valence-electron chi connectivity index (χ4n) is 6.41. The van der Waals surface area contributed by atoms with Gasteiger partial charge in [-0.05, 0) is 87.9 Å². The highest BCUT2D eigenvalue weighted by Gasteiger charge is 2.50. The number of aryl methyl sites for hydroxylation is 2. The fraction of sp³-hybridized carbons (Fsp3) is 0.471. The molecule has 0 spiro atoms. The Morgan fingerprint density at radius 1 is 1.07 bits per heavy atom. The van der Waals surface area contributed by atoms with Crippen LogP contribution in [0.5, 0.6) is 0 Å². The van der Waals surface area contributed by atoms with Crippen molar-refractivity contribution in [1.82, 2.24) is 9.88 Å². The van der Waals surface area contributed by atoms with Gasteiger partial charge in [0.15, 0.2) is 10.7 Å². The van der Waals surface area contributed by atoms with E-state index in [-0.39, 0.29) is 22.2 Å². The van der Waals surface area contributed by atoms with Crippen molar-refractivity contribution in [3.8, 4) is 0 Å². The van der Waals surface area contributed by atoms with Crippen molar-refractivity contribution in [1.29, 1.82) is 0 Å². The molecule has 0 unspecified atom stereocenters. The maximum Gasteiger partial charge on any atom is 0.336 e. The standard InChI is InChI=1S/C28H33FN2OS.C6H8O7/c1-20-8-9-22(18-30-20)27(2,3)31-16-15-28(19-31,14-12-23-10-11-25(29)33-23)26-24-7-5-4-6-21(24)13-17-32-26;7-3(8)1-6(13,5(11)12)2-4(9)10/h4-11,18,26H,12-17,19H2,1-3H3;13H,1-2H2,(H,7,8)(H,9,10)(H,11,12)/t26-,28-;/m1./s1. The van der Waals surface area contributed by atoms with Crippen LogP contribution in [0.1, 0.15) is 72.9 Å². The molecule has 0 radical (unpaired) electrons. The first-order chi connectivity index (χ1) is 21.6. The molecule has 46 heavy (non-hydrogen) atoms. The van der Waals surface area contributed by atoms with Gasteiger partial charge in [0.25, 0.3) is 0 Å². The molecular formula is C34H41FN2O8S. The van der Waals surface area contributed by atoms with Crippen LogP contribution in [0.2, 0.25) is 0 Å². The summed E-state index contributed by atoms with van der Waals surface area (Å²) >= 11 is 1.28. The summed E-state index contributed by atoms with van der Waals surface area (Å²) in [7, 11) is 0. The molecule has 3 aromatic rings. The summed E-state index contributed by atoms with van der Waals surface area (Å²) in [6.45, 7) is 9.38. The van der Waals surface area contributed by atoms with E-state index in [1.165, 1.54) is 28.0 Å². The second kappa shape index (κ2) is 14.4. The van der Waals surface area contributed by atoms with Gasteiger partial charge in [0.1, 0.15) is 0 Å². The Kier molecular flexibility index (Phi) is 11.0. The maximum absolute atomic E-state index is 13.7. The van der Waals surface area contributed by atoms with Gasteiger partial charge >= 0.3 is 17.9 Å². The quantitative estimate of drug-likeness (QED) is 0.216. The minimum absolute atomic E-state index is 0.00755. The topological polar surface area (TPSA) is 157 Å². The lowest BCUT2D eigenvalue weighted by Gasteiger charge is -2.43. The predicted octanol–water partition coefficient (Wildman–Crippen LogP) is 5.22. The van der Waals surface area contributed by atoms with Crippen molar-refractivity contribution in [2.75, 3.05) is 19.7 Å². The van der Waals surface area contributed by atoms with Crippen LogP contribution in [-0.4, -0.2) is 73.5 Å². The van der Waals surface area contributed by atoms with Crippen LogP contribution < -0.4 is 0 Å². The van der Waals surface area contributed by atoms with E-state index in [1.54, 1.807) is 6.07 Å². The van der Waals surface area contributed by atoms with E-state index in [1.807, 2.05) is 19.2 Å². The van der Waals surface area contributed by atoms with Gasteiger partial charge in [-0.25, -0.2) is 4.79 Å². The Balaban J connectivity index is 0.000000315. The van der Waals surface area contributed by atoms with Crippen molar-refractivity contribution in [3.63, 3.8) is 0 Å². The summed E-state index contributed by atoms with van der Waals surface area (Å²) in [4.78, 5) is 38.8. The molecule has 0 bridgehead atoms. The van der Waals surface area contributed by atoms with Gasteiger partial charge in [0, 0.05) is 34.3 Å². The zero-order valence-electron chi connectivity index (χ0n) is 26.2. The first-order valence-corrected chi connectivity index (χ1v) is 16.0. The highest BCUT2D eigenvalue weighted by Crippen LogP contribution is 2.52. The Labute approximate surface area is 271 Å². The maximum atomic E-state index is 13.7. The van der Waals surface area contributed by atoms with E-state index in [9.17, 15) is 18.8 Å². The minimum atomic E-state index is -2.74. The van der Waals surface area contributed by atoms with Crippen LogP contribution in [0.3, 0.4) is 0 Å². The van der Waals surface area contributed by atoms with E-state index >= 15 is 0 Å². The Morgan fingerprint density at radius 3 is 2.35 bits per heavy atom. The molecule has 1 fully saturated rings. The monoisotopic (exact) mass is 656 g/mol. The van der Waals surface area contributed by atoms with Crippen LogP contribution in [0.15, 0.2) is 54.7 Å². The van der Waals surface area contributed by atoms with Crippen molar-refractivity contribution in [2.24, 2.45) is 5.41 Å². The van der Waals surface area contributed by atoms with Gasteiger partial charge in [-0.2, -0.15) is 4.39 Å². The molecule has 12 heteroatoms. The van der Waals surface area contributed by atoms with Crippen LogP contribution in [0.25, 0.3) is 0 Å². The number of carboxylic acids is 3. The summed E-state index contributed by atoms with van der Waals surface area (Å²) in [6, 6.07) is 16.6. The fourth-order valence-corrected chi connectivity index (χ4v) is 7.13. The number of halogens is 1. The highest BCUT2D eigenvalue weighted by atomic mass is 32.1. The Bertz CT molecular complexity index is 1530. The number of hydrogen-bond donors (Lipinski definition) is 4. The number of carboxylic acid groups (broad SMARTS) is 3. The molecule has 5 rings (SSSR count). The highest BCUT2D eigenvalue weighted by molar-refractivity contribution is 7.10. The molecule has 1 aromatic carbocycles. The Morgan fingerprint density at radius 2 is 1.76 bits per heavy atom. The molecular weight excluding hydrogens is 615 g/mol. The number of carbonyl (C=O) groups is 3. The first-order valence-electron chi connectivity index (χ1n) is 15.2. The van der Waals surface area contributed by atoms with Crippen LogP contribution in [0.4, 0.5) is 4.39 Å². The lowest BCUT2D eigenvalue weighted by Crippen LogP contribution is -2.43. The van der Waals surface area contributed by atoms with Crippen LogP contribution in [-0.2, 0) is 37.5 Å². The number of benzene rings is 1. The number of aromatic nitrogens is 1. The number of aliphatic hydroxyl groups is 1. The molecule has 2 aliphatic rings. The number of aliphatic carboxylic acids is 3. The molecule has 2 atom stereocenters. The molecule has 0 amide bonds. The number of fused-ring (bicyclic) bond motifs is 1. The average Bonchev–Trinajstić information content (AvgIpc) is 3.63. The van der Waals surface area contributed by atoms with Gasteiger partial charge in [-0.3, -0.25) is 19.5 Å². The number of hydrogen-bond acceptors (Lipinski definition) is 8. The number of ether oxygens (including phenoxy) is 1. The van der Waals surface area contributed by atoms with Gasteiger partial charge in [-0.15, -0.1) is 11.3 Å². The normalized spacial score (nSPS) is 20.0. The summed E-state index contributed by atoms with van der Waals surface area (Å²) < 4.78 is 20.2. The van der Waals surface area contributed by atoms with E-state index in [2.05, 4.69) is 60.1 Å². The third kappa shape index (κ3) is 8.16. The molecule has 0 saturated carbocycles. The molecule has 248 valence electrons. The van der Waals surface area contributed by atoms with Crippen molar-refractivity contribution in [3.05, 3.63) is 87.1 Å². The predicted molar refractivity (Wildman–Crippen MR) is 169 cm³/mol. The Hall–Kier alpha value is -3.71. The number of nitrogens with zero attached hydrogens (tertiary/aromatic N) is 2. The summed E-state index contributed by atoms with van der Waals surface area (Å²) in [5, 5.41) is 33.7. The lowest BCUT2D eigenvalue weighted by molar-refractivity contribution is -0.170. The molecule has 10 nitrogen and oxygen atoms in total. The smallest absolute Gasteiger partial charge is 0.336 e. The van der Waals surface area contributed by atoms with E-state index in [0.717, 1.165) is 56.0 Å². The van der Waals surface area contributed by atoms with Gasteiger partial charge in [-0.1, -0.05) is 30.3 Å². The minimum Gasteiger partial charge on any atom is -0.481 e. The number of rotatable bonds is 11. The van der Waals surface area contributed by atoms with Crippen LogP contribution in [0, 0.1) is 17.5 Å². The third-order valence-corrected chi connectivity index (χ3v) is 10.1. The number of thiophene rings is 1. The third-order valence-electron chi connectivity index (χ3n) is 9.13. The SMILES string of the molecule is Cc1ccc(C(C)(C)N2CC[C@@](CCc3ccc(F)s3)([C@@H]3OCCc4ccccc43)C2)cn1.O=C(O)CC(O)(CC(=O)O)C(=O)O. The largest absolute Gasteiger partial charge is 0.481 e. The second-order valence-electron chi connectivity index (χ2n) is 12.7. The van der Waals surface area contributed by atoms with E-state index in [0.29, 0.717) is 0 Å². The lowest BCUT2D eigenvalue weighted by atomic mass is 9.72. The molecule has 4 heterocycles. The number of likely N-dealkylation sites (tertiary alicyclic amines) is 1. The summed E-state index contributed by atoms with van der Waals surface area (Å²) in [5.74, 6) is -5.02. The zero-order chi connectivity index (χ0) is 33.7. The van der Waals surface area contributed by atoms with E-state index < -0.39 is 36.4 Å². The van der Waals surface area contributed by atoms with Crippen molar-refractivity contribution < 1.29 is 43.9 Å². The molecule has 0 aliphatic carbocycles. The first kappa shape index (κ1) is 35.1. The summed E-state index contributed by atoms with van der Waals surface area (Å²) in [6.07, 6.45) is 3.73. The summed E-state index contributed by atoms with van der Waals surface area (Å²) in [5.41, 5.74) is 2.18. The van der Waals surface area contributed by atoms with Gasteiger partial charge in [0.2, 0.25) is 0 Å².